The lowest BCUT2D eigenvalue weighted by molar-refractivity contribution is -0.143. The summed E-state index contributed by atoms with van der Waals surface area (Å²) >= 11 is 6.14. The van der Waals surface area contributed by atoms with Crippen LogP contribution in [0.1, 0.15) is 60.1 Å². The van der Waals surface area contributed by atoms with Gasteiger partial charge in [-0.25, -0.2) is 0 Å². The summed E-state index contributed by atoms with van der Waals surface area (Å²) in [6.45, 7) is 2.44. The first-order chi connectivity index (χ1) is 15.8. The maximum Gasteiger partial charge on any atom is 0.306 e. The van der Waals surface area contributed by atoms with Crippen LogP contribution in [0.4, 0.5) is 5.69 Å². The normalized spacial score (nSPS) is 18.6. The van der Waals surface area contributed by atoms with Crippen LogP contribution in [-0.4, -0.2) is 30.6 Å². The lowest BCUT2D eigenvalue weighted by atomic mass is 9.82. The van der Waals surface area contributed by atoms with Crippen LogP contribution in [0.5, 0.6) is 5.75 Å². The minimum absolute atomic E-state index is 0.189. The summed E-state index contributed by atoms with van der Waals surface area (Å²) in [7, 11) is 1.59. The number of nitrogens with one attached hydrogen (secondary N) is 2. The van der Waals surface area contributed by atoms with Crippen LogP contribution in [0, 0.1) is 23.2 Å². The van der Waals surface area contributed by atoms with Crippen molar-refractivity contribution in [3.63, 3.8) is 0 Å². The van der Waals surface area contributed by atoms with Gasteiger partial charge < -0.3 is 20.5 Å². The average Bonchev–Trinajstić information content (AvgIpc) is 2.82. The smallest absolute Gasteiger partial charge is 0.306 e. The number of halogens is 1. The van der Waals surface area contributed by atoms with E-state index in [-0.39, 0.29) is 23.8 Å². The number of benzene rings is 2. The molecule has 2 aromatic rings. The zero-order chi connectivity index (χ0) is 24.0. The second-order valence-electron chi connectivity index (χ2n) is 8.39. The summed E-state index contributed by atoms with van der Waals surface area (Å²) in [6.07, 6.45) is 2.86. The Hall–Kier alpha value is -3.24. The zero-order valence-corrected chi connectivity index (χ0v) is 19.5. The van der Waals surface area contributed by atoms with Gasteiger partial charge >= 0.3 is 5.97 Å². The van der Waals surface area contributed by atoms with Crippen molar-refractivity contribution < 1.29 is 19.4 Å². The van der Waals surface area contributed by atoms with Gasteiger partial charge in [0.1, 0.15) is 11.8 Å². The van der Waals surface area contributed by atoms with Crippen molar-refractivity contribution >= 4 is 29.2 Å². The fourth-order valence-corrected chi connectivity index (χ4v) is 4.39. The Morgan fingerprint density at radius 1 is 1.21 bits per heavy atom. The van der Waals surface area contributed by atoms with Gasteiger partial charge in [0.25, 0.3) is 5.91 Å². The Balaban J connectivity index is 1.64. The molecule has 3 rings (SSSR count). The summed E-state index contributed by atoms with van der Waals surface area (Å²) in [6, 6.07) is 12.3. The molecule has 1 atom stereocenters. The number of nitrogens with zero attached hydrogens (tertiary/aromatic N) is 1. The van der Waals surface area contributed by atoms with Gasteiger partial charge in [-0.1, -0.05) is 11.6 Å². The minimum atomic E-state index is -0.738. The van der Waals surface area contributed by atoms with E-state index < -0.39 is 5.97 Å². The fraction of sp³-hybridized carbons (Fsp3) is 0.400. The molecule has 0 aliphatic heterocycles. The molecule has 1 aliphatic carbocycles. The largest absolute Gasteiger partial charge is 0.496 e. The SMILES string of the molecule is COc1ccc(Cl)cc1[C@H](C)Nc1ccc(C(=O)NC[C@H]2CC[C@H](C(=O)O)CC2)cc1C#N. The van der Waals surface area contributed by atoms with E-state index in [1.54, 1.807) is 37.4 Å². The molecular weight excluding hydrogens is 442 g/mol. The number of aliphatic carboxylic acids is 1. The van der Waals surface area contributed by atoms with Gasteiger partial charge in [-0.05, 0) is 74.9 Å². The number of methoxy groups -OCH3 is 1. The molecule has 8 heteroatoms. The van der Waals surface area contributed by atoms with E-state index in [0.717, 1.165) is 18.4 Å². The number of amides is 1. The number of carboxylic acid groups (broad SMARTS) is 1. The molecule has 3 N–H and O–H groups in total. The highest BCUT2D eigenvalue weighted by Crippen LogP contribution is 2.32. The summed E-state index contributed by atoms with van der Waals surface area (Å²) in [5.41, 5.74) is 2.23. The van der Waals surface area contributed by atoms with Crippen LogP contribution in [0.3, 0.4) is 0 Å². The van der Waals surface area contributed by atoms with Crippen LogP contribution in [0.25, 0.3) is 0 Å². The minimum Gasteiger partial charge on any atom is -0.496 e. The van der Waals surface area contributed by atoms with Crippen LogP contribution in [0.15, 0.2) is 36.4 Å². The molecule has 0 aromatic heterocycles. The standard InChI is InChI=1S/C25H28ClN3O4/c1-15(21-12-20(26)8-10-23(21)33-2)29-22-9-7-18(11-19(22)13-27)24(30)28-14-16-3-5-17(6-4-16)25(31)32/h7-12,15-17,29H,3-6,14H2,1-2H3,(H,28,30)(H,31,32)/t15-,16-,17-/m0/s1. The molecule has 1 aliphatic rings. The first-order valence-corrected chi connectivity index (χ1v) is 11.3. The van der Waals surface area contributed by atoms with E-state index in [4.69, 9.17) is 21.4 Å². The van der Waals surface area contributed by atoms with Gasteiger partial charge in [0.15, 0.2) is 0 Å². The third-order valence-electron chi connectivity index (χ3n) is 6.18. The molecule has 2 aromatic carbocycles. The number of carboxylic acids is 1. The Kier molecular flexibility index (Phi) is 8.18. The van der Waals surface area contributed by atoms with Crippen molar-refractivity contribution in [3.8, 4) is 11.8 Å². The van der Waals surface area contributed by atoms with Crippen molar-refractivity contribution in [3.05, 3.63) is 58.1 Å². The quantitative estimate of drug-likeness (QED) is 0.500. The van der Waals surface area contributed by atoms with Gasteiger partial charge in [-0.2, -0.15) is 5.26 Å². The molecule has 33 heavy (non-hydrogen) atoms. The van der Waals surface area contributed by atoms with Crippen LogP contribution in [0.2, 0.25) is 5.02 Å². The predicted molar refractivity (Wildman–Crippen MR) is 127 cm³/mol. The van der Waals surface area contributed by atoms with E-state index in [2.05, 4.69) is 16.7 Å². The number of anilines is 1. The van der Waals surface area contributed by atoms with Gasteiger partial charge in [0, 0.05) is 22.7 Å². The van der Waals surface area contributed by atoms with Gasteiger partial charge in [0.2, 0.25) is 0 Å². The number of hydrogen-bond acceptors (Lipinski definition) is 5. The molecule has 0 heterocycles. The number of ether oxygens (including phenoxy) is 1. The monoisotopic (exact) mass is 469 g/mol. The maximum absolute atomic E-state index is 12.6. The van der Waals surface area contributed by atoms with Gasteiger partial charge in [-0.3, -0.25) is 9.59 Å². The number of hydrogen-bond donors (Lipinski definition) is 3. The van der Waals surface area contributed by atoms with Crippen molar-refractivity contribution in [2.45, 2.75) is 38.6 Å². The highest BCUT2D eigenvalue weighted by atomic mass is 35.5. The average molecular weight is 470 g/mol. The summed E-state index contributed by atoms with van der Waals surface area (Å²) in [4.78, 5) is 23.7. The lowest BCUT2D eigenvalue weighted by Gasteiger charge is -2.26. The molecular formula is C25H28ClN3O4. The Bertz CT molecular complexity index is 1060. The topological polar surface area (TPSA) is 111 Å². The Labute approximate surface area is 198 Å². The van der Waals surface area contributed by atoms with E-state index in [1.807, 2.05) is 13.0 Å². The fourth-order valence-electron chi connectivity index (χ4n) is 4.21. The van der Waals surface area contributed by atoms with E-state index >= 15 is 0 Å². The molecule has 0 bridgehead atoms. The third kappa shape index (κ3) is 6.17. The van der Waals surface area contributed by atoms with Crippen LogP contribution < -0.4 is 15.4 Å². The molecule has 174 valence electrons. The van der Waals surface area contributed by atoms with E-state index in [0.29, 0.717) is 47.0 Å². The number of nitriles is 1. The Morgan fingerprint density at radius 2 is 1.94 bits per heavy atom. The van der Waals surface area contributed by atoms with Crippen LogP contribution in [-0.2, 0) is 4.79 Å². The van der Waals surface area contributed by atoms with Crippen molar-refractivity contribution in [1.82, 2.24) is 5.32 Å². The number of rotatable bonds is 8. The molecule has 0 saturated heterocycles. The first kappa shape index (κ1) is 24.4. The molecule has 0 radical (unpaired) electrons. The highest BCUT2D eigenvalue weighted by molar-refractivity contribution is 6.30. The van der Waals surface area contributed by atoms with E-state index in [1.165, 1.54) is 0 Å². The van der Waals surface area contributed by atoms with Crippen molar-refractivity contribution in [2.75, 3.05) is 19.0 Å². The van der Waals surface area contributed by atoms with Crippen molar-refractivity contribution in [1.29, 1.82) is 5.26 Å². The molecule has 1 saturated carbocycles. The lowest BCUT2D eigenvalue weighted by Crippen LogP contribution is -2.32. The second kappa shape index (κ2) is 11.1. The number of carbonyl (C=O) groups excluding carboxylic acids is 1. The van der Waals surface area contributed by atoms with Crippen molar-refractivity contribution in [2.24, 2.45) is 11.8 Å². The summed E-state index contributed by atoms with van der Waals surface area (Å²) in [5.74, 6) is -0.300. The van der Waals surface area contributed by atoms with Gasteiger partial charge in [-0.15, -0.1) is 0 Å². The Morgan fingerprint density at radius 3 is 2.58 bits per heavy atom. The summed E-state index contributed by atoms with van der Waals surface area (Å²) in [5, 5.41) is 25.6. The first-order valence-electron chi connectivity index (χ1n) is 11.0. The second-order valence-corrected chi connectivity index (χ2v) is 8.83. The van der Waals surface area contributed by atoms with E-state index in [9.17, 15) is 14.9 Å². The van der Waals surface area contributed by atoms with Crippen LogP contribution >= 0.6 is 11.6 Å². The molecule has 1 amide bonds. The number of carbonyl (C=O) groups is 2. The molecule has 0 spiro atoms. The van der Waals surface area contributed by atoms with Gasteiger partial charge in [0.05, 0.1) is 30.3 Å². The summed E-state index contributed by atoms with van der Waals surface area (Å²) < 4.78 is 5.42. The third-order valence-corrected chi connectivity index (χ3v) is 6.41. The molecule has 1 fully saturated rings. The predicted octanol–water partition coefficient (Wildman–Crippen LogP) is 5.01. The highest BCUT2D eigenvalue weighted by Gasteiger charge is 2.26. The zero-order valence-electron chi connectivity index (χ0n) is 18.7. The molecule has 0 unspecified atom stereocenters. The maximum atomic E-state index is 12.6. The molecule has 7 nitrogen and oxygen atoms in total.